The lowest BCUT2D eigenvalue weighted by Gasteiger charge is -2.46. The molecule has 0 radical (unpaired) electrons. The van der Waals surface area contributed by atoms with Crippen molar-refractivity contribution in [3.63, 3.8) is 0 Å². The number of aromatic nitrogens is 2. The summed E-state index contributed by atoms with van der Waals surface area (Å²) in [6, 6.07) is 0. The number of hydrogen-bond acceptors (Lipinski definition) is 5. The molecule has 3 fully saturated rings. The SMILES string of the molecule is Cc1nc(C2CC2)ncc1C(=O)N1CCC2(CC1)OCCC[C@H]2O. The van der Waals surface area contributed by atoms with E-state index in [2.05, 4.69) is 9.97 Å². The third kappa shape index (κ3) is 2.82. The molecule has 0 aromatic carbocycles. The molecule has 1 saturated carbocycles. The van der Waals surface area contributed by atoms with E-state index in [4.69, 9.17) is 4.74 Å². The minimum absolute atomic E-state index is 0.00463. The standard InChI is InChI=1S/C18H25N3O3/c1-12-14(11-19-16(20-12)13-4-5-13)17(23)21-8-6-18(7-9-21)15(22)3-2-10-24-18/h11,13,15,22H,2-10H2,1H3/t15-/m1/s1. The average Bonchev–Trinajstić information content (AvgIpc) is 3.43. The number of piperidine rings is 1. The van der Waals surface area contributed by atoms with Crippen LogP contribution in [-0.2, 0) is 4.74 Å². The number of rotatable bonds is 2. The summed E-state index contributed by atoms with van der Waals surface area (Å²) in [7, 11) is 0. The second-order valence-corrected chi connectivity index (χ2v) is 7.37. The topological polar surface area (TPSA) is 75.6 Å². The molecule has 24 heavy (non-hydrogen) atoms. The van der Waals surface area contributed by atoms with Crippen molar-refractivity contribution in [2.24, 2.45) is 0 Å². The molecule has 0 bridgehead atoms. The zero-order chi connectivity index (χ0) is 16.7. The summed E-state index contributed by atoms with van der Waals surface area (Å²) < 4.78 is 5.91. The maximum Gasteiger partial charge on any atom is 0.257 e. The van der Waals surface area contributed by atoms with E-state index in [9.17, 15) is 9.90 Å². The summed E-state index contributed by atoms with van der Waals surface area (Å²) in [6.07, 6.45) is 6.69. The molecule has 1 amide bonds. The van der Waals surface area contributed by atoms with Crippen molar-refractivity contribution in [2.75, 3.05) is 19.7 Å². The second-order valence-electron chi connectivity index (χ2n) is 7.37. The number of carbonyl (C=O) groups is 1. The van der Waals surface area contributed by atoms with Crippen LogP contribution in [0.5, 0.6) is 0 Å². The van der Waals surface area contributed by atoms with Crippen molar-refractivity contribution in [1.82, 2.24) is 14.9 Å². The van der Waals surface area contributed by atoms with Crippen LogP contribution in [0.25, 0.3) is 0 Å². The fourth-order valence-corrected chi connectivity index (χ4v) is 3.88. The van der Waals surface area contributed by atoms with Crippen LogP contribution in [0.15, 0.2) is 6.20 Å². The Bertz CT molecular complexity index is 636. The van der Waals surface area contributed by atoms with E-state index >= 15 is 0 Å². The van der Waals surface area contributed by atoms with Crippen LogP contribution in [0.1, 0.15) is 66.3 Å². The number of aryl methyl sites for hydroxylation is 1. The number of carbonyl (C=O) groups excluding carboxylic acids is 1. The van der Waals surface area contributed by atoms with Crippen molar-refractivity contribution in [3.8, 4) is 0 Å². The molecule has 1 aliphatic carbocycles. The Labute approximate surface area is 142 Å². The van der Waals surface area contributed by atoms with Crippen LogP contribution < -0.4 is 0 Å². The molecular formula is C18H25N3O3. The van der Waals surface area contributed by atoms with Gasteiger partial charge in [-0.05, 0) is 45.4 Å². The lowest BCUT2D eigenvalue weighted by Crippen LogP contribution is -2.56. The van der Waals surface area contributed by atoms with Crippen molar-refractivity contribution >= 4 is 5.91 Å². The van der Waals surface area contributed by atoms with E-state index in [1.165, 1.54) is 0 Å². The predicted octanol–water partition coefficient (Wildman–Crippen LogP) is 1.81. The van der Waals surface area contributed by atoms with Gasteiger partial charge in [0.2, 0.25) is 0 Å². The van der Waals surface area contributed by atoms with Gasteiger partial charge in [0.25, 0.3) is 5.91 Å². The Hall–Kier alpha value is -1.53. The summed E-state index contributed by atoms with van der Waals surface area (Å²) in [4.78, 5) is 23.6. The van der Waals surface area contributed by atoms with Gasteiger partial charge in [0.05, 0.1) is 23.0 Å². The molecule has 130 valence electrons. The first-order valence-electron chi connectivity index (χ1n) is 9.04. The smallest absolute Gasteiger partial charge is 0.257 e. The Morgan fingerprint density at radius 2 is 2.08 bits per heavy atom. The van der Waals surface area contributed by atoms with Gasteiger partial charge in [-0.25, -0.2) is 9.97 Å². The number of amides is 1. The molecule has 6 heteroatoms. The summed E-state index contributed by atoms with van der Waals surface area (Å²) in [5.41, 5.74) is 0.919. The normalized spacial score (nSPS) is 26.6. The molecule has 3 aliphatic rings. The van der Waals surface area contributed by atoms with Gasteiger partial charge in [-0.1, -0.05) is 0 Å². The summed E-state index contributed by atoms with van der Waals surface area (Å²) >= 11 is 0. The predicted molar refractivity (Wildman–Crippen MR) is 87.8 cm³/mol. The van der Waals surface area contributed by atoms with Gasteiger partial charge in [-0.2, -0.15) is 0 Å². The Kier molecular flexibility index (Phi) is 4.04. The maximum absolute atomic E-state index is 12.8. The zero-order valence-electron chi connectivity index (χ0n) is 14.2. The van der Waals surface area contributed by atoms with Crippen LogP contribution >= 0.6 is 0 Å². The highest BCUT2D eigenvalue weighted by Gasteiger charge is 2.44. The maximum atomic E-state index is 12.8. The first-order valence-corrected chi connectivity index (χ1v) is 9.04. The number of nitrogens with zero attached hydrogens (tertiary/aromatic N) is 3. The van der Waals surface area contributed by atoms with Crippen molar-refractivity contribution in [1.29, 1.82) is 0 Å². The van der Waals surface area contributed by atoms with Gasteiger partial charge >= 0.3 is 0 Å². The van der Waals surface area contributed by atoms with Crippen molar-refractivity contribution < 1.29 is 14.6 Å². The van der Waals surface area contributed by atoms with E-state index in [0.717, 1.165) is 37.2 Å². The minimum Gasteiger partial charge on any atom is -0.390 e. The number of aliphatic hydroxyl groups is 1. The Morgan fingerprint density at radius 3 is 2.71 bits per heavy atom. The van der Waals surface area contributed by atoms with Gasteiger partial charge in [-0.3, -0.25) is 4.79 Å². The van der Waals surface area contributed by atoms with E-state index < -0.39 is 11.7 Å². The van der Waals surface area contributed by atoms with Gasteiger partial charge in [0.1, 0.15) is 5.82 Å². The van der Waals surface area contributed by atoms with Crippen LogP contribution in [0.4, 0.5) is 0 Å². The number of hydrogen-bond donors (Lipinski definition) is 1. The van der Waals surface area contributed by atoms with Crippen LogP contribution in [0.2, 0.25) is 0 Å². The second kappa shape index (κ2) is 6.08. The zero-order valence-corrected chi connectivity index (χ0v) is 14.2. The van der Waals surface area contributed by atoms with Crippen LogP contribution in [0, 0.1) is 6.92 Å². The summed E-state index contributed by atoms with van der Waals surface area (Å²) in [5.74, 6) is 1.36. The molecule has 2 aliphatic heterocycles. The van der Waals surface area contributed by atoms with Gasteiger partial charge < -0.3 is 14.7 Å². The highest BCUT2D eigenvalue weighted by molar-refractivity contribution is 5.95. The fourth-order valence-electron chi connectivity index (χ4n) is 3.88. The molecule has 1 aromatic heterocycles. The largest absolute Gasteiger partial charge is 0.390 e. The quantitative estimate of drug-likeness (QED) is 0.894. The van der Waals surface area contributed by atoms with E-state index in [0.29, 0.717) is 44.0 Å². The minimum atomic E-state index is -0.448. The third-order valence-electron chi connectivity index (χ3n) is 5.69. The average molecular weight is 331 g/mol. The van der Waals surface area contributed by atoms with Gasteiger partial charge in [0.15, 0.2) is 0 Å². The summed E-state index contributed by atoms with van der Waals surface area (Å²) in [5, 5.41) is 10.3. The molecule has 2 saturated heterocycles. The molecule has 4 rings (SSSR count). The number of likely N-dealkylation sites (tertiary alicyclic amines) is 1. The first kappa shape index (κ1) is 16.0. The van der Waals surface area contributed by atoms with Crippen LogP contribution in [-0.4, -0.2) is 57.3 Å². The molecule has 1 spiro atoms. The van der Waals surface area contributed by atoms with Gasteiger partial charge in [-0.15, -0.1) is 0 Å². The molecule has 1 atom stereocenters. The van der Waals surface area contributed by atoms with Crippen LogP contribution in [0.3, 0.4) is 0 Å². The van der Waals surface area contributed by atoms with Crippen molar-refractivity contribution in [2.45, 2.75) is 63.1 Å². The van der Waals surface area contributed by atoms with E-state index in [1.807, 2.05) is 11.8 Å². The molecule has 6 nitrogen and oxygen atoms in total. The van der Waals surface area contributed by atoms with Crippen molar-refractivity contribution in [3.05, 3.63) is 23.3 Å². The number of ether oxygens (including phenoxy) is 1. The first-order chi connectivity index (χ1) is 11.6. The molecular weight excluding hydrogens is 306 g/mol. The van der Waals surface area contributed by atoms with Gasteiger partial charge in [0, 0.05) is 31.8 Å². The summed E-state index contributed by atoms with van der Waals surface area (Å²) in [6.45, 7) is 3.82. The number of aliphatic hydroxyl groups excluding tert-OH is 1. The third-order valence-corrected chi connectivity index (χ3v) is 5.69. The molecule has 1 N–H and O–H groups in total. The van der Waals surface area contributed by atoms with E-state index in [-0.39, 0.29) is 5.91 Å². The highest BCUT2D eigenvalue weighted by Crippen LogP contribution is 2.38. The molecule has 1 aromatic rings. The highest BCUT2D eigenvalue weighted by atomic mass is 16.5. The lowest BCUT2D eigenvalue weighted by molar-refractivity contribution is -0.174. The fraction of sp³-hybridized carbons (Fsp3) is 0.722. The lowest BCUT2D eigenvalue weighted by atomic mass is 9.82. The molecule has 3 heterocycles. The molecule has 0 unspecified atom stereocenters. The Balaban J connectivity index is 1.44. The Morgan fingerprint density at radius 1 is 1.33 bits per heavy atom. The monoisotopic (exact) mass is 331 g/mol. The van der Waals surface area contributed by atoms with E-state index in [1.54, 1.807) is 6.20 Å².